The average Bonchev–Trinajstić information content (AvgIpc) is 2.72. The SMILES string of the molecule is C[C@H](CC1CCCCC1)n1cccc1. The van der Waals surface area contributed by atoms with Crippen molar-refractivity contribution in [3.8, 4) is 0 Å². The van der Waals surface area contributed by atoms with Crippen LogP contribution >= 0.6 is 0 Å². The van der Waals surface area contributed by atoms with E-state index in [9.17, 15) is 0 Å². The Labute approximate surface area is 87.1 Å². The summed E-state index contributed by atoms with van der Waals surface area (Å²) in [5, 5.41) is 0. The predicted octanol–water partition coefficient (Wildman–Crippen LogP) is 4.02. The van der Waals surface area contributed by atoms with Crippen LogP contribution in [0.3, 0.4) is 0 Å². The minimum Gasteiger partial charge on any atom is -0.352 e. The van der Waals surface area contributed by atoms with Gasteiger partial charge in [0.25, 0.3) is 0 Å². The Morgan fingerprint density at radius 3 is 2.43 bits per heavy atom. The Balaban J connectivity index is 1.84. The van der Waals surface area contributed by atoms with Crippen molar-refractivity contribution in [2.75, 3.05) is 0 Å². The summed E-state index contributed by atoms with van der Waals surface area (Å²) >= 11 is 0. The van der Waals surface area contributed by atoms with Gasteiger partial charge in [0.05, 0.1) is 0 Å². The lowest BCUT2D eigenvalue weighted by molar-refractivity contribution is 0.296. The molecule has 78 valence electrons. The molecule has 0 amide bonds. The maximum absolute atomic E-state index is 2.34. The molecule has 1 fully saturated rings. The van der Waals surface area contributed by atoms with Crippen LogP contribution in [0, 0.1) is 5.92 Å². The molecule has 1 nitrogen and oxygen atoms in total. The first kappa shape index (κ1) is 9.82. The van der Waals surface area contributed by atoms with Gasteiger partial charge < -0.3 is 4.57 Å². The standard InChI is InChI=1S/C13H21N/c1-12(14-9-5-6-10-14)11-13-7-3-2-4-8-13/h5-6,9-10,12-13H,2-4,7-8,11H2,1H3/t12-/m1/s1. The lowest BCUT2D eigenvalue weighted by atomic mass is 9.85. The molecule has 14 heavy (non-hydrogen) atoms. The second-order valence-electron chi connectivity index (χ2n) is 4.72. The van der Waals surface area contributed by atoms with E-state index in [1.807, 2.05) is 0 Å². The van der Waals surface area contributed by atoms with Crippen molar-refractivity contribution in [2.24, 2.45) is 5.92 Å². The van der Waals surface area contributed by atoms with Crippen molar-refractivity contribution in [3.05, 3.63) is 24.5 Å². The second-order valence-corrected chi connectivity index (χ2v) is 4.72. The van der Waals surface area contributed by atoms with E-state index in [4.69, 9.17) is 0 Å². The maximum Gasteiger partial charge on any atom is 0.0305 e. The third-order valence-corrected chi connectivity index (χ3v) is 3.54. The van der Waals surface area contributed by atoms with Crippen LogP contribution in [0.2, 0.25) is 0 Å². The van der Waals surface area contributed by atoms with Crippen LogP contribution in [0.5, 0.6) is 0 Å². The quantitative estimate of drug-likeness (QED) is 0.680. The molecule has 0 radical (unpaired) electrons. The number of rotatable bonds is 3. The summed E-state index contributed by atoms with van der Waals surface area (Å²) in [5.41, 5.74) is 0. The van der Waals surface area contributed by atoms with Crippen LogP contribution in [0.1, 0.15) is 51.5 Å². The highest BCUT2D eigenvalue weighted by Gasteiger charge is 2.16. The molecular weight excluding hydrogens is 170 g/mol. The van der Waals surface area contributed by atoms with Crippen LogP contribution in [-0.2, 0) is 0 Å². The van der Waals surface area contributed by atoms with Gasteiger partial charge in [0.2, 0.25) is 0 Å². The summed E-state index contributed by atoms with van der Waals surface area (Å²) < 4.78 is 2.34. The van der Waals surface area contributed by atoms with Gasteiger partial charge in [-0.15, -0.1) is 0 Å². The second kappa shape index (κ2) is 4.68. The normalized spacial score (nSPS) is 20.9. The molecule has 0 unspecified atom stereocenters. The van der Waals surface area contributed by atoms with Crippen molar-refractivity contribution in [1.29, 1.82) is 0 Å². The van der Waals surface area contributed by atoms with E-state index in [0.29, 0.717) is 6.04 Å². The summed E-state index contributed by atoms with van der Waals surface area (Å²) in [6.07, 6.45) is 13.1. The summed E-state index contributed by atoms with van der Waals surface area (Å²) in [6.45, 7) is 2.34. The number of nitrogens with zero attached hydrogens (tertiary/aromatic N) is 1. The first-order valence-corrected chi connectivity index (χ1v) is 5.98. The third-order valence-electron chi connectivity index (χ3n) is 3.54. The van der Waals surface area contributed by atoms with E-state index in [1.54, 1.807) is 0 Å². The zero-order valence-corrected chi connectivity index (χ0v) is 9.15. The van der Waals surface area contributed by atoms with Crippen molar-refractivity contribution >= 4 is 0 Å². The summed E-state index contributed by atoms with van der Waals surface area (Å²) in [7, 11) is 0. The minimum atomic E-state index is 0.688. The van der Waals surface area contributed by atoms with E-state index in [0.717, 1.165) is 5.92 Å². The highest BCUT2D eigenvalue weighted by atomic mass is 15.0. The van der Waals surface area contributed by atoms with Gasteiger partial charge in [0.1, 0.15) is 0 Å². The van der Waals surface area contributed by atoms with E-state index >= 15 is 0 Å². The molecule has 0 spiro atoms. The maximum atomic E-state index is 2.34. The van der Waals surface area contributed by atoms with Crippen LogP contribution in [0.15, 0.2) is 24.5 Å². The molecule has 0 N–H and O–H groups in total. The summed E-state index contributed by atoms with van der Waals surface area (Å²) in [5.74, 6) is 0.987. The van der Waals surface area contributed by atoms with Crippen molar-refractivity contribution in [1.82, 2.24) is 4.57 Å². The summed E-state index contributed by atoms with van der Waals surface area (Å²) in [6, 6.07) is 4.93. The molecular formula is C13H21N. The third kappa shape index (κ3) is 2.40. The molecule has 1 atom stereocenters. The molecule has 0 bridgehead atoms. The van der Waals surface area contributed by atoms with Crippen molar-refractivity contribution < 1.29 is 0 Å². The Morgan fingerprint density at radius 1 is 1.14 bits per heavy atom. The number of aromatic nitrogens is 1. The smallest absolute Gasteiger partial charge is 0.0305 e. The van der Waals surface area contributed by atoms with Gasteiger partial charge in [-0.2, -0.15) is 0 Å². The van der Waals surface area contributed by atoms with Crippen LogP contribution in [-0.4, -0.2) is 4.57 Å². The van der Waals surface area contributed by atoms with Gasteiger partial charge in [-0.25, -0.2) is 0 Å². The molecule has 0 aromatic carbocycles. The number of hydrogen-bond donors (Lipinski definition) is 0. The largest absolute Gasteiger partial charge is 0.352 e. The fourth-order valence-corrected chi connectivity index (χ4v) is 2.67. The molecule has 0 saturated heterocycles. The molecule has 1 saturated carbocycles. The zero-order chi connectivity index (χ0) is 9.80. The van der Waals surface area contributed by atoms with Crippen LogP contribution < -0.4 is 0 Å². The van der Waals surface area contributed by atoms with Gasteiger partial charge in [0, 0.05) is 18.4 Å². The topological polar surface area (TPSA) is 4.93 Å². The predicted molar refractivity (Wildman–Crippen MR) is 60.3 cm³/mol. The first-order valence-electron chi connectivity index (χ1n) is 5.98. The lowest BCUT2D eigenvalue weighted by Gasteiger charge is -2.25. The molecule has 1 heterocycles. The first-order chi connectivity index (χ1) is 6.86. The highest BCUT2D eigenvalue weighted by Crippen LogP contribution is 2.30. The Kier molecular flexibility index (Phi) is 3.28. The zero-order valence-electron chi connectivity index (χ0n) is 9.15. The van der Waals surface area contributed by atoms with Crippen molar-refractivity contribution in [3.63, 3.8) is 0 Å². The Morgan fingerprint density at radius 2 is 1.79 bits per heavy atom. The molecule has 2 rings (SSSR count). The van der Waals surface area contributed by atoms with Gasteiger partial charge in [-0.05, 0) is 31.4 Å². The molecule has 0 aliphatic heterocycles. The highest BCUT2D eigenvalue weighted by molar-refractivity contribution is 4.92. The lowest BCUT2D eigenvalue weighted by Crippen LogP contribution is -2.12. The molecule has 1 aliphatic carbocycles. The van der Waals surface area contributed by atoms with Gasteiger partial charge in [-0.1, -0.05) is 32.1 Å². The van der Waals surface area contributed by atoms with E-state index in [-0.39, 0.29) is 0 Å². The molecule has 1 heteroatoms. The molecule has 1 aromatic heterocycles. The fraction of sp³-hybridized carbons (Fsp3) is 0.692. The Hall–Kier alpha value is -0.720. The molecule has 1 aromatic rings. The van der Waals surface area contributed by atoms with Gasteiger partial charge >= 0.3 is 0 Å². The summed E-state index contributed by atoms with van der Waals surface area (Å²) in [4.78, 5) is 0. The minimum absolute atomic E-state index is 0.688. The average molecular weight is 191 g/mol. The van der Waals surface area contributed by atoms with Gasteiger partial charge in [0.15, 0.2) is 0 Å². The van der Waals surface area contributed by atoms with E-state index < -0.39 is 0 Å². The van der Waals surface area contributed by atoms with E-state index in [2.05, 4.69) is 36.0 Å². The monoisotopic (exact) mass is 191 g/mol. The fourth-order valence-electron chi connectivity index (χ4n) is 2.67. The number of hydrogen-bond acceptors (Lipinski definition) is 0. The van der Waals surface area contributed by atoms with Crippen LogP contribution in [0.25, 0.3) is 0 Å². The Bertz CT molecular complexity index is 244. The van der Waals surface area contributed by atoms with Gasteiger partial charge in [-0.3, -0.25) is 0 Å². The molecule has 1 aliphatic rings. The van der Waals surface area contributed by atoms with E-state index in [1.165, 1.54) is 38.5 Å². The van der Waals surface area contributed by atoms with Crippen molar-refractivity contribution in [2.45, 2.75) is 51.5 Å². The van der Waals surface area contributed by atoms with Crippen LogP contribution in [0.4, 0.5) is 0 Å².